The molecule has 5 rings (SSSR count). The number of ether oxygens (including phenoxy) is 4. The molecule has 10 nitrogen and oxygen atoms in total. The Kier molecular flexibility index (Phi) is 12.1. The van der Waals surface area contributed by atoms with Gasteiger partial charge in [-0.25, -0.2) is 0 Å². The largest absolute Gasteiger partial charge is 0.484 e. The molecule has 13 heteroatoms. The summed E-state index contributed by atoms with van der Waals surface area (Å²) in [5.74, 6) is 0.788. The van der Waals surface area contributed by atoms with Crippen molar-refractivity contribution < 1.29 is 41.8 Å². The number of hydrogen-bond donors (Lipinski definition) is 1. The van der Waals surface area contributed by atoms with E-state index in [1.165, 1.54) is 12.1 Å². The monoisotopic (exact) mass is 634 g/mol. The van der Waals surface area contributed by atoms with Crippen LogP contribution in [0.1, 0.15) is 29.5 Å². The number of benzene rings is 2. The Labute approximate surface area is 261 Å². The van der Waals surface area contributed by atoms with E-state index >= 15 is 0 Å². The van der Waals surface area contributed by atoms with Crippen molar-refractivity contribution >= 4 is 11.6 Å². The van der Waals surface area contributed by atoms with Gasteiger partial charge in [0.05, 0.1) is 32.0 Å². The molecule has 0 atom stereocenters. The molecule has 3 aliphatic heterocycles. The number of hydrogen-bond acceptors (Lipinski definition) is 9. The minimum atomic E-state index is -4.40. The smallest absolute Gasteiger partial charge is 0.416 e. The summed E-state index contributed by atoms with van der Waals surface area (Å²) in [6, 6.07) is 12.2. The van der Waals surface area contributed by atoms with E-state index in [2.05, 4.69) is 20.3 Å². The standard InChI is InChI=1S/C32H41F3N4O6/c33-32(34,35)27-5-1-25(2-6-27)22-45-37-30(31(38-11-17-42-18-12-38)39-13-19-43-20-14-39)26-3-7-28(8-4-26)44-23-29(40)36-21-24-9-15-41-16-10-24/h1-8,24,31H,9-23H2,(H,36,40). The first-order valence-electron chi connectivity index (χ1n) is 15.4. The van der Waals surface area contributed by atoms with Gasteiger partial charge in [0.25, 0.3) is 5.91 Å². The third-order valence-corrected chi connectivity index (χ3v) is 8.15. The van der Waals surface area contributed by atoms with Crippen molar-refractivity contribution in [1.29, 1.82) is 0 Å². The summed E-state index contributed by atoms with van der Waals surface area (Å²) in [4.78, 5) is 22.8. The molecule has 3 aliphatic rings. The lowest BCUT2D eigenvalue weighted by atomic mass is 10.0. The summed E-state index contributed by atoms with van der Waals surface area (Å²) in [5, 5.41) is 7.54. The zero-order chi connectivity index (χ0) is 31.5. The molecule has 3 fully saturated rings. The second-order valence-corrected chi connectivity index (χ2v) is 11.3. The molecule has 2 aromatic rings. The van der Waals surface area contributed by atoms with Crippen molar-refractivity contribution in [2.45, 2.75) is 31.8 Å². The van der Waals surface area contributed by atoms with Crippen molar-refractivity contribution in [2.24, 2.45) is 11.1 Å². The number of carbonyl (C=O) groups excluding carboxylic acids is 1. The zero-order valence-corrected chi connectivity index (χ0v) is 25.3. The Morgan fingerprint density at radius 1 is 0.867 bits per heavy atom. The number of amides is 1. The van der Waals surface area contributed by atoms with Gasteiger partial charge in [0, 0.05) is 51.5 Å². The van der Waals surface area contributed by atoms with Crippen molar-refractivity contribution in [3.05, 3.63) is 65.2 Å². The summed E-state index contributed by atoms with van der Waals surface area (Å²) in [5.41, 5.74) is 1.31. The van der Waals surface area contributed by atoms with E-state index in [0.717, 1.165) is 43.8 Å². The molecule has 2 aromatic carbocycles. The van der Waals surface area contributed by atoms with Crippen LogP contribution in [-0.2, 0) is 36.6 Å². The number of nitrogens with one attached hydrogen (secondary N) is 1. The number of morpholine rings is 2. The summed E-state index contributed by atoms with van der Waals surface area (Å²) >= 11 is 0. The fourth-order valence-electron chi connectivity index (χ4n) is 5.57. The Morgan fingerprint density at radius 2 is 1.44 bits per heavy atom. The highest BCUT2D eigenvalue weighted by molar-refractivity contribution is 6.04. The van der Waals surface area contributed by atoms with Crippen LogP contribution in [0.2, 0.25) is 0 Å². The molecular formula is C32H41F3N4O6. The average Bonchev–Trinajstić information content (AvgIpc) is 3.07. The molecule has 0 saturated carbocycles. The fraction of sp³-hybridized carbons (Fsp3) is 0.562. The van der Waals surface area contributed by atoms with E-state index in [-0.39, 0.29) is 25.3 Å². The van der Waals surface area contributed by atoms with E-state index in [1.807, 2.05) is 12.1 Å². The van der Waals surface area contributed by atoms with Gasteiger partial charge in [-0.15, -0.1) is 0 Å². The highest BCUT2D eigenvalue weighted by Gasteiger charge is 2.34. The van der Waals surface area contributed by atoms with Crippen LogP contribution in [0.15, 0.2) is 53.7 Å². The SMILES string of the molecule is O=C(COc1ccc(C(=NOCc2ccc(C(F)(F)F)cc2)C(N2CCOCC2)N2CCOCC2)cc1)NCC1CCOCC1. The van der Waals surface area contributed by atoms with Gasteiger partial charge in [-0.05, 0) is 60.7 Å². The number of rotatable bonds is 12. The Balaban J connectivity index is 1.30. The molecular weight excluding hydrogens is 593 g/mol. The van der Waals surface area contributed by atoms with Gasteiger partial charge in [0.15, 0.2) is 6.61 Å². The second-order valence-electron chi connectivity index (χ2n) is 11.3. The molecule has 0 spiro atoms. The topological polar surface area (TPSA) is 94.1 Å². The average molecular weight is 635 g/mol. The van der Waals surface area contributed by atoms with E-state index in [9.17, 15) is 18.0 Å². The summed E-state index contributed by atoms with van der Waals surface area (Å²) in [6.07, 6.45) is -2.76. The maximum absolute atomic E-state index is 13.0. The minimum absolute atomic E-state index is 0.00473. The quantitative estimate of drug-likeness (QED) is 0.280. The Bertz CT molecular complexity index is 1210. The molecule has 3 saturated heterocycles. The van der Waals surface area contributed by atoms with E-state index in [1.54, 1.807) is 12.1 Å². The highest BCUT2D eigenvalue weighted by Crippen LogP contribution is 2.29. The number of halogens is 3. The molecule has 0 aromatic heterocycles. The third-order valence-electron chi connectivity index (χ3n) is 8.15. The van der Waals surface area contributed by atoms with Crippen LogP contribution >= 0.6 is 0 Å². The van der Waals surface area contributed by atoms with Gasteiger partial charge in [0.1, 0.15) is 24.2 Å². The van der Waals surface area contributed by atoms with Crippen molar-refractivity contribution in [2.75, 3.05) is 79.0 Å². The molecule has 1 N–H and O–H groups in total. The molecule has 0 unspecified atom stereocenters. The maximum atomic E-state index is 13.0. The number of alkyl halides is 3. The van der Waals surface area contributed by atoms with Crippen LogP contribution in [0.25, 0.3) is 0 Å². The first-order valence-corrected chi connectivity index (χ1v) is 15.4. The number of nitrogens with zero attached hydrogens (tertiary/aromatic N) is 3. The van der Waals surface area contributed by atoms with Crippen LogP contribution in [0.3, 0.4) is 0 Å². The molecule has 45 heavy (non-hydrogen) atoms. The van der Waals surface area contributed by atoms with Gasteiger partial charge in [-0.3, -0.25) is 14.6 Å². The van der Waals surface area contributed by atoms with Crippen LogP contribution in [0.5, 0.6) is 5.75 Å². The first-order chi connectivity index (χ1) is 21.9. The molecule has 0 bridgehead atoms. The lowest BCUT2D eigenvalue weighted by Crippen LogP contribution is -2.59. The van der Waals surface area contributed by atoms with Crippen LogP contribution in [0, 0.1) is 5.92 Å². The first kappa shape index (κ1) is 33.1. The van der Waals surface area contributed by atoms with Gasteiger partial charge in [0.2, 0.25) is 0 Å². The van der Waals surface area contributed by atoms with E-state index < -0.39 is 11.7 Å². The van der Waals surface area contributed by atoms with Crippen LogP contribution < -0.4 is 10.1 Å². The molecule has 1 amide bonds. The van der Waals surface area contributed by atoms with Crippen LogP contribution in [0.4, 0.5) is 13.2 Å². The minimum Gasteiger partial charge on any atom is -0.484 e. The highest BCUT2D eigenvalue weighted by atomic mass is 19.4. The molecule has 3 heterocycles. The number of carbonyl (C=O) groups is 1. The summed E-state index contributed by atoms with van der Waals surface area (Å²) < 4.78 is 61.4. The van der Waals surface area contributed by atoms with Gasteiger partial charge < -0.3 is 29.1 Å². The predicted octanol–water partition coefficient (Wildman–Crippen LogP) is 3.54. The Hall–Kier alpha value is -3.23. The summed E-state index contributed by atoms with van der Waals surface area (Å²) in [7, 11) is 0. The molecule has 0 aliphatic carbocycles. The predicted molar refractivity (Wildman–Crippen MR) is 160 cm³/mol. The third kappa shape index (κ3) is 9.88. The van der Waals surface area contributed by atoms with Crippen molar-refractivity contribution in [1.82, 2.24) is 15.1 Å². The van der Waals surface area contributed by atoms with Gasteiger partial charge in [-0.1, -0.05) is 17.3 Å². The van der Waals surface area contributed by atoms with Crippen molar-refractivity contribution in [3.8, 4) is 5.75 Å². The Morgan fingerprint density at radius 3 is 2.02 bits per heavy atom. The van der Waals surface area contributed by atoms with E-state index in [4.69, 9.17) is 23.8 Å². The lowest BCUT2D eigenvalue weighted by Gasteiger charge is -2.43. The van der Waals surface area contributed by atoms with Crippen LogP contribution in [-0.4, -0.2) is 107 Å². The van der Waals surface area contributed by atoms with Gasteiger partial charge >= 0.3 is 6.18 Å². The normalized spacial score (nSPS) is 19.4. The lowest BCUT2D eigenvalue weighted by molar-refractivity contribution is -0.137. The van der Waals surface area contributed by atoms with E-state index in [0.29, 0.717) is 82.1 Å². The van der Waals surface area contributed by atoms with Gasteiger partial charge in [-0.2, -0.15) is 13.2 Å². The fourth-order valence-corrected chi connectivity index (χ4v) is 5.57. The zero-order valence-electron chi connectivity index (χ0n) is 25.3. The second kappa shape index (κ2) is 16.4. The summed E-state index contributed by atoms with van der Waals surface area (Å²) in [6.45, 7) is 7.12. The van der Waals surface area contributed by atoms with Crippen molar-refractivity contribution in [3.63, 3.8) is 0 Å². The molecule has 246 valence electrons. The number of oxime groups is 1. The molecule has 0 radical (unpaired) electrons. The maximum Gasteiger partial charge on any atom is 0.416 e.